The minimum Gasteiger partial charge on any atom is -0.469 e. The van der Waals surface area contributed by atoms with Crippen LogP contribution in [0, 0.1) is 0 Å². The Morgan fingerprint density at radius 2 is 2.24 bits per heavy atom. The molecular weight excluding hydrogens is 298 g/mol. The van der Waals surface area contributed by atoms with Crippen LogP contribution >= 0.6 is 15.9 Å². The summed E-state index contributed by atoms with van der Waals surface area (Å²) in [4.78, 5) is 14.8. The quantitative estimate of drug-likeness (QED) is 0.864. The molecule has 0 aliphatic heterocycles. The summed E-state index contributed by atoms with van der Waals surface area (Å²) in [5.74, 6) is -0.521. The van der Waals surface area contributed by atoms with E-state index < -0.39 is 18.1 Å². The summed E-state index contributed by atoms with van der Waals surface area (Å²) in [6, 6.07) is 0. The van der Waals surface area contributed by atoms with Crippen LogP contribution in [0.4, 0.5) is 8.78 Å². The first-order chi connectivity index (χ1) is 8.01. The van der Waals surface area contributed by atoms with E-state index in [4.69, 9.17) is 5.73 Å². The molecule has 4 nitrogen and oxygen atoms in total. The lowest BCUT2D eigenvalue weighted by Crippen LogP contribution is -2.13. The lowest BCUT2D eigenvalue weighted by atomic mass is 10.0. The number of alkyl halides is 2. The van der Waals surface area contributed by atoms with Crippen molar-refractivity contribution in [3.8, 4) is 0 Å². The number of carbonyl (C=O) groups excluding carboxylic acids is 1. The summed E-state index contributed by atoms with van der Waals surface area (Å²) in [5, 5.41) is 0. The van der Waals surface area contributed by atoms with Gasteiger partial charge >= 0.3 is 5.97 Å². The van der Waals surface area contributed by atoms with Crippen molar-refractivity contribution in [2.75, 3.05) is 7.11 Å². The zero-order valence-electron chi connectivity index (χ0n) is 9.04. The van der Waals surface area contributed by atoms with Gasteiger partial charge in [-0.05, 0) is 27.1 Å². The monoisotopic (exact) mass is 308 g/mol. The zero-order chi connectivity index (χ0) is 13.0. The lowest BCUT2D eigenvalue weighted by molar-refractivity contribution is -0.139. The van der Waals surface area contributed by atoms with Gasteiger partial charge in [-0.25, -0.2) is 8.78 Å². The van der Waals surface area contributed by atoms with Crippen LogP contribution in [0.1, 0.15) is 23.2 Å². The maximum atomic E-state index is 12.7. The summed E-state index contributed by atoms with van der Waals surface area (Å²) in [5.41, 5.74) is 5.61. The van der Waals surface area contributed by atoms with E-state index in [1.54, 1.807) is 0 Å². The van der Waals surface area contributed by atoms with Gasteiger partial charge in [0.1, 0.15) is 5.69 Å². The molecule has 0 unspecified atom stereocenters. The highest BCUT2D eigenvalue weighted by atomic mass is 79.9. The van der Waals surface area contributed by atoms with Crippen molar-refractivity contribution in [1.82, 2.24) is 4.98 Å². The molecule has 0 amide bonds. The summed E-state index contributed by atoms with van der Waals surface area (Å²) in [6.45, 7) is -0.113. The number of rotatable bonds is 4. The fraction of sp³-hybridized carbons (Fsp3) is 0.400. The summed E-state index contributed by atoms with van der Waals surface area (Å²) >= 11 is 3.16. The van der Waals surface area contributed by atoms with Gasteiger partial charge in [-0.15, -0.1) is 0 Å². The van der Waals surface area contributed by atoms with Crippen LogP contribution < -0.4 is 5.73 Å². The third kappa shape index (κ3) is 3.19. The topological polar surface area (TPSA) is 65.2 Å². The van der Waals surface area contributed by atoms with E-state index in [1.807, 2.05) is 0 Å². The van der Waals surface area contributed by atoms with Gasteiger partial charge in [0.15, 0.2) is 0 Å². The van der Waals surface area contributed by atoms with Gasteiger partial charge in [0, 0.05) is 17.2 Å². The standard InChI is InChI=1S/C10H11BrF2N2O2/c1-17-8(16)2-5-6(3-14)9(10(12)13)15-4-7(5)11/h4,10H,2-3,14H2,1H3. The Balaban J connectivity index is 3.25. The third-order valence-electron chi connectivity index (χ3n) is 2.24. The number of methoxy groups -OCH3 is 1. The van der Waals surface area contributed by atoms with Crippen molar-refractivity contribution in [2.24, 2.45) is 5.73 Å². The van der Waals surface area contributed by atoms with E-state index in [-0.39, 0.29) is 18.5 Å². The van der Waals surface area contributed by atoms with E-state index in [1.165, 1.54) is 13.3 Å². The highest BCUT2D eigenvalue weighted by Crippen LogP contribution is 2.28. The second-order valence-electron chi connectivity index (χ2n) is 3.21. The number of ether oxygens (including phenoxy) is 1. The van der Waals surface area contributed by atoms with Crippen LogP contribution in [0.2, 0.25) is 0 Å². The second-order valence-corrected chi connectivity index (χ2v) is 4.06. The predicted molar refractivity (Wildman–Crippen MR) is 60.5 cm³/mol. The molecule has 94 valence electrons. The summed E-state index contributed by atoms with van der Waals surface area (Å²) < 4.78 is 30.4. The van der Waals surface area contributed by atoms with Crippen molar-refractivity contribution < 1.29 is 18.3 Å². The van der Waals surface area contributed by atoms with Crippen molar-refractivity contribution >= 4 is 21.9 Å². The number of esters is 1. The van der Waals surface area contributed by atoms with Crippen LogP contribution in [-0.2, 0) is 22.5 Å². The van der Waals surface area contributed by atoms with Gasteiger partial charge in [-0.1, -0.05) is 0 Å². The zero-order valence-corrected chi connectivity index (χ0v) is 10.6. The Morgan fingerprint density at radius 1 is 1.59 bits per heavy atom. The Bertz CT molecular complexity index is 427. The van der Waals surface area contributed by atoms with Crippen molar-refractivity contribution in [3.63, 3.8) is 0 Å². The number of hydrogen-bond acceptors (Lipinski definition) is 4. The molecular formula is C10H11BrF2N2O2. The fourth-order valence-corrected chi connectivity index (χ4v) is 1.89. The normalized spacial score (nSPS) is 10.7. The average molecular weight is 309 g/mol. The lowest BCUT2D eigenvalue weighted by Gasteiger charge is -2.13. The Kier molecular flexibility index (Phi) is 4.95. The predicted octanol–water partition coefficient (Wildman–Crippen LogP) is 1.96. The molecule has 0 aliphatic carbocycles. The molecule has 0 atom stereocenters. The summed E-state index contributed by atoms with van der Waals surface area (Å²) in [6.07, 6.45) is -1.61. The van der Waals surface area contributed by atoms with Gasteiger partial charge in [0.2, 0.25) is 0 Å². The third-order valence-corrected chi connectivity index (χ3v) is 2.92. The van der Waals surface area contributed by atoms with Gasteiger partial charge < -0.3 is 10.5 Å². The molecule has 2 N–H and O–H groups in total. The first-order valence-corrected chi connectivity index (χ1v) is 5.51. The number of hydrogen-bond donors (Lipinski definition) is 1. The molecule has 1 aromatic rings. The van der Waals surface area contributed by atoms with Crippen molar-refractivity contribution in [3.05, 3.63) is 27.5 Å². The molecule has 17 heavy (non-hydrogen) atoms. The SMILES string of the molecule is COC(=O)Cc1c(Br)cnc(C(F)F)c1CN. The number of aromatic nitrogens is 1. The van der Waals surface area contributed by atoms with Crippen molar-refractivity contribution in [1.29, 1.82) is 0 Å². The van der Waals surface area contributed by atoms with Gasteiger partial charge in [-0.3, -0.25) is 9.78 Å². The Morgan fingerprint density at radius 3 is 2.71 bits per heavy atom. The van der Waals surface area contributed by atoms with Gasteiger partial charge in [-0.2, -0.15) is 0 Å². The molecule has 1 heterocycles. The Hall–Kier alpha value is -1.08. The maximum absolute atomic E-state index is 12.7. The molecule has 1 rings (SSSR count). The molecule has 0 radical (unpaired) electrons. The van der Waals surface area contributed by atoms with E-state index in [9.17, 15) is 13.6 Å². The van der Waals surface area contributed by atoms with E-state index in [0.29, 0.717) is 10.0 Å². The molecule has 0 saturated heterocycles. The molecule has 0 bridgehead atoms. The minimum atomic E-state index is -2.72. The number of halogens is 3. The number of carbonyl (C=O) groups is 1. The second kappa shape index (κ2) is 6.02. The first kappa shape index (κ1) is 14.0. The minimum absolute atomic E-state index is 0.113. The first-order valence-electron chi connectivity index (χ1n) is 4.72. The van der Waals surface area contributed by atoms with E-state index in [2.05, 4.69) is 25.7 Å². The van der Waals surface area contributed by atoms with Crippen LogP contribution in [0.25, 0.3) is 0 Å². The summed E-state index contributed by atoms with van der Waals surface area (Å²) in [7, 11) is 1.23. The molecule has 0 spiro atoms. The largest absolute Gasteiger partial charge is 0.469 e. The molecule has 0 aliphatic rings. The highest BCUT2D eigenvalue weighted by Gasteiger charge is 2.20. The molecule has 7 heteroatoms. The number of nitrogens with zero attached hydrogens (tertiary/aromatic N) is 1. The van der Waals surface area contributed by atoms with Crippen LogP contribution in [0.3, 0.4) is 0 Å². The van der Waals surface area contributed by atoms with Gasteiger partial charge in [0.25, 0.3) is 6.43 Å². The van der Waals surface area contributed by atoms with Crippen LogP contribution in [0.15, 0.2) is 10.7 Å². The van der Waals surface area contributed by atoms with Crippen LogP contribution in [0.5, 0.6) is 0 Å². The molecule has 0 saturated carbocycles. The highest BCUT2D eigenvalue weighted by molar-refractivity contribution is 9.10. The van der Waals surface area contributed by atoms with Crippen molar-refractivity contribution in [2.45, 2.75) is 19.4 Å². The molecule has 1 aromatic heterocycles. The number of pyridine rings is 1. The van der Waals surface area contributed by atoms with Crippen LogP contribution in [-0.4, -0.2) is 18.1 Å². The molecule has 0 aromatic carbocycles. The average Bonchev–Trinajstić information content (AvgIpc) is 2.30. The fourth-order valence-electron chi connectivity index (χ4n) is 1.40. The Labute approximate surface area is 105 Å². The smallest absolute Gasteiger partial charge is 0.310 e. The van der Waals surface area contributed by atoms with E-state index >= 15 is 0 Å². The van der Waals surface area contributed by atoms with Gasteiger partial charge in [0.05, 0.1) is 13.5 Å². The maximum Gasteiger partial charge on any atom is 0.310 e. The van der Waals surface area contributed by atoms with E-state index in [0.717, 1.165) is 0 Å². The number of nitrogens with two attached hydrogens (primary N) is 1. The molecule has 0 fully saturated rings.